The van der Waals surface area contributed by atoms with Gasteiger partial charge in [-0.25, -0.2) is 0 Å². The predicted octanol–water partition coefficient (Wildman–Crippen LogP) is 1.79. The van der Waals surface area contributed by atoms with Gasteiger partial charge in [0.1, 0.15) is 0 Å². The summed E-state index contributed by atoms with van der Waals surface area (Å²) in [7, 11) is 3.95. The third-order valence-corrected chi connectivity index (χ3v) is 3.18. The summed E-state index contributed by atoms with van der Waals surface area (Å²) in [6, 6.07) is 5.71. The lowest BCUT2D eigenvalue weighted by Crippen LogP contribution is -2.33. The van der Waals surface area contributed by atoms with Crippen LogP contribution in [-0.2, 0) is 0 Å². The highest BCUT2D eigenvalue weighted by atomic mass is 16.7. The summed E-state index contributed by atoms with van der Waals surface area (Å²) < 4.78 is 10.6. The van der Waals surface area contributed by atoms with Crippen LogP contribution in [0.5, 0.6) is 11.5 Å². The lowest BCUT2D eigenvalue weighted by molar-refractivity contribution is 0.0732. The molecule has 1 aliphatic heterocycles. The summed E-state index contributed by atoms with van der Waals surface area (Å²) in [6.07, 6.45) is 0.382. The minimum atomic E-state index is -0.510. The Kier molecular flexibility index (Phi) is 3.54. The number of rotatable bonds is 4. The third-order valence-electron chi connectivity index (χ3n) is 3.18. The van der Waals surface area contributed by atoms with Gasteiger partial charge in [0.25, 0.3) is 0 Å². The molecule has 0 amide bonds. The zero-order valence-corrected chi connectivity index (χ0v) is 10.5. The van der Waals surface area contributed by atoms with Crippen molar-refractivity contribution < 1.29 is 14.6 Å². The molecule has 4 heteroatoms. The number of hydrogen-bond donors (Lipinski definition) is 1. The Bertz CT molecular complexity index is 392. The van der Waals surface area contributed by atoms with Crippen LogP contribution in [0.3, 0.4) is 0 Å². The van der Waals surface area contributed by atoms with Gasteiger partial charge in [-0.2, -0.15) is 0 Å². The van der Waals surface area contributed by atoms with E-state index in [4.69, 9.17) is 9.47 Å². The molecule has 0 fully saturated rings. The zero-order valence-electron chi connectivity index (χ0n) is 10.5. The van der Waals surface area contributed by atoms with E-state index in [0.717, 1.165) is 23.5 Å². The van der Waals surface area contributed by atoms with Crippen molar-refractivity contribution in [2.75, 3.05) is 20.9 Å². The number of hydrogen-bond acceptors (Lipinski definition) is 4. The fraction of sp³-hybridized carbons (Fsp3) is 0.538. The van der Waals surface area contributed by atoms with Crippen LogP contribution in [0.2, 0.25) is 0 Å². The standard InChI is InChI=1S/C13H19NO3/c1-4-10(14(2)3)13(15)9-5-6-11-12(7-9)17-8-16-11/h5-7,10,13,15H,4,8H2,1-3H3. The van der Waals surface area contributed by atoms with Crippen LogP contribution < -0.4 is 9.47 Å². The molecule has 0 bridgehead atoms. The Labute approximate surface area is 102 Å². The molecule has 0 radical (unpaired) electrons. The number of aliphatic hydroxyl groups is 1. The fourth-order valence-corrected chi connectivity index (χ4v) is 2.19. The van der Waals surface area contributed by atoms with Gasteiger partial charge in [0.15, 0.2) is 11.5 Å². The minimum Gasteiger partial charge on any atom is -0.454 e. The van der Waals surface area contributed by atoms with Crippen molar-refractivity contribution in [2.45, 2.75) is 25.5 Å². The normalized spacial score (nSPS) is 17.2. The van der Waals surface area contributed by atoms with Gasteiger partial charge in [-0.1, -0.05) is 13.0 Å². The van der Waals surface area contributed by atoms with E-state index < -0.39 is 6.10 Å². The first-order chi connectivity index (χ1) is 8.13. The van der Waals surface area contributed by atoms with Crippen LogP contribution in [0, 0.1) is 0 Å². The quantitative estimate of drug-likeness (QED) is 0.867. The Morgan fingerprint density at radius 3 is 2.65 bits per heavy atom. The molecule has 0 saturated carbocycles. The summed E-state index contributed by atoms with van der Waals surface area (Å²) in [5.41, 5.74) is 0.870. The molecule has 2 rings (SSSR count). The molecule has 1 aromatic rings. The maximum atomic E-state index is 10.3. The number of aliphatic hydroxyl groups excluding tert-OH is 1. The van der Waals surface area contributed by atoms with E-state index in [1.807, 2.05) is 37.2 Å². The second-order valence-electron chi connectivity index (χ2n) is 4.50. The van der Waals surface area contributed by atoms with Crippen molar-refractivity contribution in [1.29, 1.82) is 0 Å². The van der Waals surface area contributed by atoms with E-state index in [1.165, 1.54) is 0 Å². The van der Waals surface area contributed by atoms with Gasteiger partial charge in [0.2, 0.25) is 6.79 Å². The largest absolute Gasteiger partial charge is 0.454 e. The van der Waals surface area contributed by atoms with Crippen LogP contribution in [-0.4, -0.2) is 36.9 Å². The number of ether oxygens (including phenoxy) is 2. The van der Waals surface area contributed by atoms with Gasteiger partial charge in [-0.15, -0.1) is 0 Å². The maximum Gasteiger partial charge on any atom is 0.231 e. The zero-order chi connectivity index (χ0) is 12.4. The van der Waals surface area contributed by atoms with Crippen molar-refractivity contribution in [3.05, 3.63) is 23.8 Å². The third kappa shape index (κ3) is 2.37. The SMILES string of the molecule is CCC(C(O)c1ccc2c(c1)OCO2)N(C)C. The molecular formula is C13H19NO3. The fourth-order valence-electron chi connectivity index (χ4n) is 2.19. The summed E-state index contributed by atoms with van der Waals surface area (Å²) >= 11 is 0. The van der Waals surface area contributed by atoms with Crippen LogP contribution in [0.1, 0.15) is 25.0 Å². The highest BCUT2D eigenvalue weighted by molar-refractivity contribution is 5.45. The molecule has 1 N–H and O–H groups in total. The van der Waals surface area contributed by atoms with Crippen molar-refractivity contribution in [1.82, 2.24) is 4.90 Å². The van der Waals surface area contributed by atoms with E-state index in [2.05, 4.69) is 6.92 Å². The molecule has 17 heavy (non-hydrogen) atoms. The maximum absolute atomic E-state index is 10.3. The lowest BCUT2D eigenvalue weighted by Gasteiger charge is -2.28. The summed E-state index contributed by atoms with van der Waals surface area (Å²) in [4.78, 5) is 2.04. The Balaban J connectivity index is 2.21. The molecule has 1 heterocycles. The average Bonchev–Trinajstić information content (AvgIpc) is 2.75. The van der Waals surface area contributed by atoms with E-state index in [9.17, 15) is 5.11 Å². The van der Waals surface area contributed by atoms with Gasteiger partial charge in [0.05, 0.1) is 6.10 Å². The monoisotopic (exact) mass is 237 g/mol. The molecule has 0 saturated heterocycles. The highest BCUT2D eigenvalue weighted by Gasteiger charge is 2.23. The number of fused-ring (bicyclic) bond motifs is 1. The van der Waals surface area contributed by atoms with E-state index in [1.54, 1.807) is 0 Å². The molecule has 4 nitrogen and oxygen atoms in total. The Hall–Kier alpha value is -1.26. The van der Waals surface area contributed by atoms with E-state index in [-0.39, 0.29) is 12.8 Å². The molecule has 1 aromatic carbocycles. The molecular weight excluding hydrogens is 218 g/mol. The molecule has 2 unspecified atom stereocenters. The topological polar surface area (TPSA) is 41.9 Å². The lowest BCUT2D eigenvalue weighted by atomic mass is 9.99. The van der Waals surface area contributed by atoms with Crippen molar-refractivity contribution in [2.24, 2.45) is 0 Å². The smallest absolute Gasteiger partial charge is 0.231 e. The van der Waals surface area contributed by atoms with Crippen molar-refractivity contribution in [3.63, 3.8) is 0 Å². The Morgan fingerprint density at radius 2 is 2.00 bits per heavy atom. The van der Waals surface area contributed by atoms with Crippen LogP contribution in [0.4, 0.5) is 0 Å². The van der Waals surface area contributed by atoms with Gasteiger partial charge >= 0.3 is 0 Å². The summed E-state index contributed by atoms with van der Waals surface area (Å²) in [6.45, 7) is 2.33. The first-order valence-corrected chi connectivity index (χ1v) is 5.87. The molecule has 0 aliphatic carbocycles. The molecule has 0 spiro atoms. The van der Waals surface area contributed by atoms with Gasteiger partial charge < -0.3 is 19.5 Å². The molecule has 94 valence electrons. The van der Waals surface area contributed by atoms with Gasteiger partial charge in [0, 0.05) is 6.04 Å². The average molecular weight is 237 g/mol. The molecule has 1 aliphatic rings. The first-order valence-electron chi connectivity index (χ1n) is 5.87. The molecule has 2 atom stereocenters. The van der Waals surface area contributed by atoms with Crippen molar-refractivity contribution in [3.8, 4) is 11.5 Å². The second-order valence-corrected chi connectivity index (χ2v) is 4.50. The predicted molar refractivity (Wildman–Crippen MR) is 65.3 cm³/mol. The van der Waals surface area contributed by atoms with E-state index >= 15 is 0 Å². The number of benzene rings is 1. The summed E-state index contributed by atoms with van der Waals surface area (Å²) in [5.74, 6) is 1.47. The van der Waals surface area contributed by atoms with Crippen LogP contribution in [0.15, 0.2) is 18.2 Å². The van der Waals surface area contributed by atoms with Crippen LogP contribution >= 0.6 is 0 Å². The molecule has 0 aromatic heterocycles. The van der Waals surface area contributed by atoms with Gasteiger partial charge in [-0.3, -0.25) is 0 Å². The van der Waals surface area contributed by atoms with Gasteiger partial charge in [-0.05, 0) is 38.2 Å². The van der Waals surface area contributed by atoms with Crippen molar-refractivity contribution >= 4 is 0 Å². The second kappa shape index (κ2) is 4.94. The number of nitrogens with zero attached hydrogens (tertiary/aromatic N) is 1. The number of likely N-dealkylation sites (N-methyl/N-ethyl adjacent to an activating group) is 1. The van der Waals surface area contributed by atoms with Crippen LogP contribution in [0.25, 0.3) is 0 Å². The highest BCUT2D eigenvalue weighted by Crippen LogP contribution is 2.35. The minimum absolute atomic E-state index is 0.107. The first kappa shape index (κ1) is 12.2. The van der Waals surface area contributed by atoms with E-state index in [0.29, 0.717) is 0 Å². The Morgan fingerprint density at radius 1 is 1.29 bits per heavy atom. The summed E-state index contributed by atoms with van der Waals surface area (Å²) in [5, 5.41) is 10.3.